The summed E-state index contributed by atoms with van der Waals surface area (Å²) < 4.78 is 11.3. The first kappa shape index (κ1) is 19.6. The molecule has 0 aliphatic rings. The molecule has 146 valence electrons. The maximum absolute atomic E-state index is 12.6. The minimum atomic E-state index is -0.603. The summed E-state index contributed by atoms with van der Waals surface area (Å²) >= 11 is 1.36. The normalized spacial score (nSPS) is 11.1. The Kier molecular flexibility index (Phi) is 5.51. The van der Waals surface area contributed by atoms with Crippen molar-refractivity contribution in [3.8, 4) is 5.75 Å². The molecule has 3 rings (SSSR count). The molecule has 8 heteroatoms. The third-order valence-corrected chi connectivity index (χ3v) is 4.52. The molecular formula is C20H21N3O4S. The van der Waals surface area contributed by atoms with Crippen molar-refractivity contribution in [1.82, 2.24) is 4.98 Å². The lowest BCUT2D eigenvalue weighted by atomic mass is 10.2. The average Bonchev–Trinajstić information content (AvgIpc) is 3.01. The lowest BCUT2D eigenvalue weighted by Crippen LogP contribution is -2.27. The molecule has 1 heterocycles. The zero-order valence-corrected chi connectivity index (χ0v) is 16.8. The second-order valence-corrected chi connectivity index (χ2v) is 8.05. The minimum absolute atomic E-state index is 0.321. The predicted molar refractivity (Wildman–Crippen MR) is 110 cm³/mol. The fraction of sp³-hybridized carbons (Fsp3) is 0.250. The van der Waals surface area contributed by atoms with Gasteiger partial charge in [-0.2, -0.15) is 0 Å². The highest BCUT2D eigenvalue weighted by Crippen LogP contribution is 2.29. The van der Waals surface area contributed by atoms with Crippen LogP contribution in [-0.4, -0.2) is 29.7 Å². The Morgan fingerprint density at radius 2 is 1.86 bits per heavy atom. The SMILES string of the molecule is COc1ccc2nc(NC(=O)c3cccc(NC(=O)OC(C)(C)C)c3)sc2c1. The molecule has 2 aromatic carbocycles. The molecule has 0 bridgehead atoms. The van der Waals surface area contributed by atoms with Gasteiger partial charge < -0.3 is 9.47 Å². The van der Waals surface area contributed by atoms with Crippen molar-refractivity contribution in [2.75, 3.05) is 17.7 Å². The molecule has 3 aromatic rings. The van der Waals surface area contributed by atoms with E-state index in [-0.39, 0.29) is 5.91 Å². The van der Waals surface area contributed by atoms with Crippen LogP contribution in [0.15, 0.2) is 42.5 Å². The highest BCUT2D eigenvalue weighted by molar-refractivity contribution is 7.22. The summed E-state index contributed by atoms with van der Waals surface area (Å²) in [7, 11) is 1.60. The van der Waals surface area contributed by atoms with Crippen LogP contribution in [0.1, 0.15) is 31.1 Å². The van der Waals surface area contributed by atoms with Crippen LogP contribution in [-0.2, 0) is 4.74 Å². The number of hydrogen-bond donors (Lipinski definition) is 2. The van der Waals surface area contributed by atoms with E-state index in [9.17, 15) is 9.59 Å². The fourth-order valence-electron chi connectivity index (χ4n) is 2.41. The zero-order chi connectivity index (χ0) is 20.3. The third kappa shape index (κ3) is 4.98. The molecular weight excluding hydrogens is 378 g/mol. The topological polar surface area (TPSA) is 89.5 Å². The number of amides is 2. The summed E-state index contributed by atoms with van der Waals surface area (Å²) in [5.41, 5.74) is 1.04. The van der Waals surface area contributed by atoms with Gasteiger partial charge in [-0.3, -0.25) is 15.4 Å². The van der Waals surface area contributed by atoms with Crippen LogP contribution >= 0.6 is 11.3 Å². The summed E-state index contributed by atoms with van der Waals surface area (Å²) in [5, 5.41) is 5.90. The van der Waals surface area contributed by atoms with Crippen molar-refractivity contribution in [3.05, 3.63) is 48.0 Å². The number of benzene rings is 2. The Bertz CT molecular complexity index is 1020. The number of carbonyl (C=O) groups excluding carboxylic acids is 2. The number of rotatable bonds is 4. The van der Waals surface area contributed by atoms with Crippen molar-refractivity contribution < 1.29 is 19.1 Å². The lowest BCUT2D eigenvalue weighted by molar-refractivity contribution is 0.0635. The maximum atomic E-state index is 12.6. The molecule has 2 amide bonds. The first-order valence-electron chi connectivity index (χ1n) is 8.59. The van der Waals surface area contributed by atoms with E-state index in [1.807, 2.05) is 18.2 Å². The van der Waals surface area contributed by atoms with Gasteiger partial charge in [-0.1, -0.05) is 17.4 Å². The predicted octanol–water partition coefficient (Wildman–Crippen LogP) is 4.90. The standard InChI is InChI=1S/C20H21N3O4S/c1-20(2,3)27-19(25)21-13-7-5-6-12(10-13)17(24)23-18-22-15-9-8-14(26-4)11-16(15)28-18/h5-11H,1-4H3,(H,21,25)(H,22,23,24). The second kappa shape index (κ2) is 7.85. The molecule has 0 atom stereocenters. The van der Waals surface area contributed by atoms with Gasteiger partial charge in [0.05, 0.1) is 17.3 Å². The van der Waals surface area contributed by atoms with E-state index < -0.39 is 11.7 Å². The number of hydrogen-bond acceptors (Lipinski definition) is 6. The summed E-state index contributed by atoms with van der Waals surface area (Å²) in [6.07, 6.45) is -0.579. The Morgan fingerprint density at radius 3 is 2.57 bits per heavy atom. The van der Waals surface area contributed by atoms with Crippen LogP contribution in [0.2, 0.25) is 0 Å². The van der Waals surface area contributed by atoms with Crippen LogP contribution in [0.3, 0.4) is 0 Å². The number of nitrogens with one attached hydrogen (secondary N) is 2. The molecule has 0 spiro atoms. The molecule has 28 heavy (non-hydrogen) atoms. The van der Waals surface area contributed by atoms with Gasteiger partial charge in [-0.15, -0.1) is 0 Å². The molecule has 0 saturated carbocycles. The van der Waals surface area contributed by atoms with Crippen LogP contribution in [0.4, 0.5) is 15.6 Å². The van der Waals surface area contributed by atoms with Gasteiger partial charge in [-0.05, 0) is 57.2 Å². The molecule has 7 nitrogen and oxygen atoms in total. The summed E-state index contributed by atoms with van der Waals surface area (Å²) in [4.78, 5) is 28.9. The van der Waals surface area contributed by atoms with Crippen molar-refractivity contribution >= 4 is 44.4 Å². The number of methoxy groups -OCH3 is 1. The van der Waals surface area contributed by atoms with Crippen molar-refractivity contribution in [1.29, 1.82) is 0 Å². The van der Waals surface area contributed by atoms with E-state index >= 15 is 0 Å². The van der Waals surface area contributed by atoms with E-state index in [0.29, 0.717) is 16.4 Å². The van der Waals surface area contributed by atoms with Crippen LogP contribution in [0.25, 0.3) is 10.2 Å². The monoisotopic (exact) mass is 399 g/mol. The van der Waals surface area contributed by atoms with Gasteiger partial charge in [0.25, 0.3) is 5.91 Å². The number of aromatic nitrogens is 1. The Morgan fingerprint density at radius 1 is 1.07 bits per heavy atom. The highest BCUT2D eigenvalue weighted by Gasteiger charge is 2.17. The molecule has 1 aromatic heterocycles. The van der Waals surface area contributed by atoms with E-state index in [1.165, 1.54) is 11.3 Å². The second-order valence-electron chi connectivity index (χ2n) is 7.01. The Hall–Kier alpha value is -3.13. The number of anilines is 2. The van der Waals surface area contributed by atoms with Gasteiger partial charge in [0, 0.05) is 11.3 Å². The Balaban J connectivity index is 1.71. The molecule has 0 aliphatic heterocycles. The van der Waals surface area contributed by atoms with Gasteiger partial charge in [0.15, 0.2) is 5.13 Å². The zero-order valence-electron chi connectivity index (χ0n) is 16.0. The highest BCUT2D eigenvalue weighted by atomic mass is 32.1. The molecule has 0 radical (unpaired) electrons. The third-order valence-electron chi connectivity index (χ3n) is 3.59. The summed E-state index contributed by atoms with van der Waals surface area (Å²) in [6, 6.07) is 12.1. The molecule has 2 N–H and O–H groups in total. The van der Waals surface area contributed by atoms with Crippen molar-refractivity contribution in [3.63, 3.8) is 0 Å². The largest absolute Gasteiger partial charge is 0.497 e. The molecule has 0 unspecified atom stereocenters. The van der Waals surface area contributed by atoms with Gasteiger partial charge in [0.1, 0.15) is 11.4 Å². The van der Waals surface area contributed by atoms with E-state index in [4.69, 9.17) is 9.47 Å². The molecule has 0 saturated heterocycles. The molecule has 0 fully saturated rings. The lowest BCUT2D eigenvalue weighted by Gasteiger charge is -2.19. The summed E-state index contributed by atoms with van der Waals surface area (Å²) in [6.45, 7) is 5.35. The number of thiazole rings is 1. The van der Waals surface area contributed by atoms with Gasteiger partial charge >= 0.3 is 6.09 Å². The maximum Gasteiger partial charge on any atom is 0.412 e. The first-order valence-corrected chi connectivity index (χ1v) is 9.41. The Labute approximate surface area is 166 Å². The minimum Gasteiger partial charge on any atom is -0.497 e. The number of carbonyl (C=O) groups is 2. The van der Waals surface area contributed by atoms with E-state index in [0.717, 1.165) is 16.0 Å². The van der Waals surface area contributed by atoms with E-state index in [2.05, 4.69) is 15.6 Å². The molecule has 0 aliphatic carbocycles. The first-order chi connectivity index (χ1) is 13.2. The number of fused-ring (bicyclic) bond motifs is 1. The van der Waals surface area contributed by atoms with Gasteiger partial charge in [0.2, 0.25) is 0 Å². The van der Waals surface area contributed by atoms with Crippen LogP contribution < -0.4 is 15.4 Å². The van der Waals surface area contributed by atoms with Crippen molar-refractivity contribution in [2.24, 2.45) is 0 Å². The average molecular weight is 399 g/mol. The van der Waals surface area contributed by atoms with Crippen LogP contribution in [0.5, 0.6) is 5.75 Å². The smallest absolute Gasteiger partial charge is 0.412 e. The van der Waals surface area contributed by atoms with E-state index in [1.54, 1.807) is 52.1 Å². The van der Waals surface area contributed by atoms with Gasteiger partial charge in [-0.25, -0.2) is 9.78 Å². The van der Waals surface area contributed by atoms with Crippen LogP contribution in [0, 0.1) is 0 Å². The number of nitrogens with zero attached hydrogens (tertiary/aromatic N) is 1. The quantitative estimate of drug-likeness (QED) is 0.651. The fourth-order valence-corrected chi connectivity index (χ4v) is 3.30. The summed E-state index contributed by atoms with van der Waals surface area (Å²) in [5.74, 6) is 0.411. The van der Waals surface area contributed by atoms with Crippen molar-refractivity contribution in [2.45, 2.75) is 26.4 Å². The number of ether oxygens (including phenoxy) is 2.